The van der Waals surface area contributed by atoms with Gasteiger partial charge in [-0.1, -0.05) is 18.2 Å². The number of amides is 1. The fraction of sp³-hybridized carbons (Fsp3) is 0.320. The summed E-state index contributed by atoms with van der Waals surface area (Å²) in [6, 6.07) is 12.6. The quantitative estimate of drug-likeness (QED) is 0.623. The van der Waals surface area contributed by atoms with Crippen LogP contribution < -0.4 is 4.90 Å². The van der Waals surface area contributed by atoms with Gasteiger partial charge >= 0.3 is 0 Å². The Morgan fingerprint density at radius 3 is 2.45 bits per heavy atom. The summed E-state index contributed by atoms with van der Waals surface area (Å²) in [6.07, 6.45) is 7.95. The number of carbonyl (C=O) groups is 1. The lowest BCUT2D eigenvalue weighted by atomic mass is 9.97. The minimum atomic E-state index is -0.277. The van der Waals surface area contributed by atoms with Gasteiger partial charge in [-0.25, -0.2) is 14.4 Å². The van der Waals surface area contributed by atoms with E-state index in [9.17, 15) is 9.18 Å². The van der Waals surface area contributed by atoms with Crippen molar-refractivity contribution in [3.8, 4) is 11.1 Å². The first-order valence-corrected chi connectivity index (χ1v) is 10.9. The lowest BCUT2D eigenvalue weighted by molar-refractivity contribution is 0.0793. The molecule has 0 atom stereocenters. The van der Waals surface area contributed by atoms with Crippen molar-refractivity contribution in [3.63, 3.8) is 0 Å². The molecule has 1 saturated heterocycles. The van der Waals surface area contributed by atoms with Crippen molar-refractivity contribution in [1.29, 1.82) is 0 Å². The molecule has 0 radical (unpaired) electrons. The third kappa shape index (κ3) is 3.09. The molecule has 5 nitrogen and oxygen atoms in total. The Bertz CT molecular complexity index is 1170. The van der Waals surface area contributed by atoms with Gasteiger partial charge in [-0.2, -0.15) is 0 Å². The van der Waals surface area contributed by atoms with E-state index in [1.165, 1.54) is 17.7 Å². The van der Waals surface area contributed by atoms with Gasteiger partial charge in [-0.3, -0.25) is 4.79 Å². The number of carbonyl (C=O) groups excluding carboxylic acids is 1. The molecule has 1 aromatic heterocycles. The predicted molar refractivity (Wildman–Crippen MR) is 117 cm³/mol. The van der Waals surface area contributed by atoms with Gasteiger partial charge < -0.3 is 9.80 Å². The van der Waals surface area contributed by atoms with Gasteiger partial charge in [-0.05, 0) is 61.1 Å². The van der Waals surface area contributed by atoms with E-state index in [0.717, 1.165) is 67.7 Å². The lowest BCUT2D eigenvalue weighted by Crippen LogP contribution is -2.27. The van der Waals surface area contributed by atoms with Crippen LogP contribution in [0.4, 0.5) is 16.0 Å². The maximum Gasteiger partial charge on any atom is 0.253 e. The van der Waals surface area contributed by atoms with E-state index < -0.39 is 0 Å². The maximum atomic E-state index is 13.6. The lowest BCUT2D eigenvalue weighted by Gasteiger charge is -2.19. The molecule has 2 aromatic carbocycles. The van der Waals surface area contributed by atoms with Gasteiger partial charge in [0.2, 0.25) is 5.95 Å². The molecule has 2 fully saturated rings. The third-order valence-corrected chi connectivity index (χ3v) is 6.85. The zero-order valence-electron chi connectivity index (χ0n) is 17.2. The normalized spacial score (nSPS) is 18.5. The molecule has 1 aliphatic carbocycles. The third-order valence-electron chi connectivity index (χ3n) is 6.85. The van der Waals surface area contributed by atoms with Gasteiger partial charge in [0.25, 0.3) is 5.91 Å². The smallest absolute Gasteiger partial charge is 0.253 e. The van der Waals surface area contributed by atoms with Crippen LogP contribution in [0.3, 0.4) is 0 Å². The molecule has 6 rings (SSSR count). The number of benzene rings is 2. The fourth-order valence-electron chi connectivity index (χ4n) is 4.95. The number of halogens is 1. The van der Waals surface area contributed by atoms with Crippen molar-refractivity contribution in [3.05, 3.63) is 71.8 Å². The Hall–Kier alpha value is -3.28. The minimum Gasteiger partial charge on any atom is -0.339 e. The molecule has 0 bridgehead atoms. The zero-order chi connectivity index (χ0) is 21.0. The highest BCUT2D eigenvalue weighted by Crippen LogP contribution is 2.57. The summed E-state index contributed by atoms with van der Waals surface area (Å²) in [7, 11) is 0. The molecule has 3 heterocycles. The van der Waals surface area contributed by atoms with Gasteiger partial charge in [-0.15, -0.1) is 0 Å². The summed E-state index contributed by atoms with van der Waals surface area (Å²) in [4.78, 5) is 26.2. The monoisotopic (exact) mass is 414 g/mol. The number of anilines is 2. The van der Waals surface area contributed by atoms with Crippen LogP contribution >= 0.6 is 0 Å². The van der Waals surface area contributed by atoms with E-state index in [1.807, 2.05) is 23.1 Å². The largest absolute Gasteiger partial charge is 0.339 e. The van der Waals surface area contributed by atoms with Crippen molar-refractivity contribution < 1.29 is 9.18 Å². The summed E-state index contributed by atoms with van der Waals surface area (Å²) in [5.41, 5.74) is 4.77. The highest BCUT2D eigenvalue weighted by atomic mass is 19.1. The second kappa shape index (κ2) is 6.87. The fourth-order valence-corrected chi connectivity index (χ4v) is 4.95. The average molecular weight is 414 g/mol. The Labute approximate surface area is 180 Å². The van der Waals surface area contributed by atoms with Gasteiger partial charge in [0.15, 0.2) is 0 Å². The summed E-state index contributed by atoms with van der Waals surface area (Å²) >= 11 is 0. The Morgan fingerprint density at radius 2 is 1.74 bits per heavy atom. The Balaban J connectivity index is 1.34. The van der Waals surface area contributed by atoms with E-state index >= 15 is 0 Å². The van der Waals surface area contributed by atoms with Crippen LogP contribution in [0.5, 0.6) is 0 Å². The molecule has 6 heteroatoms. The Kier molecular flexibility index (Phi) is 4.10. The van der Waals surface area contributed by atoms with E-state index in [0.29, 0.717) is 5.95 Å². The maximum absolute atomic E-state index is 13.6. The van der Waals surface area contributed by atoms with Crippen molar-refractivity contribution in [2.75, 3.05) is 24.5 Å². The van der Waals surface area contributed by atoms with Crippen molar-refractivity contribution in [2.45, 2.75) is 31.1 Å². The molecule has 156 valence electrons. The van der Waals surface area contributed by atoms with E-state index in [4.69, 9.17) is 0 Å². The number of likely N-dealkylation sites (tertiary alicyclic amines) is 1. The van der Waals surface area contributed by atoms with E-state index in [-0.39, 0.29) is 17.1 Å². The molecule has 0 unspecified atom stereocenters. The topological polar surface area (TPSA) is 49.3 Å². The van der Waals surface area contributed by atoms with Crippen molar-refractivity contribution in [2.24, 2.45) is 0 Å². The van der Waals surface area contributed by atoms with Gasteiger partial charge in [0, 0.05) is 54.3 Å². The Morgan fingerprint density at radius 1 is 0.968 bits per heavy atom. The number of hydrogen-bond acceptors (Lipinski definition) is 4. The van der Waals surface area contributed by atoms with Crippen LogP contribution in [-0.4, -0.2) is 40.4 Å². The molecule has 3 aliphatic rings. The number of nitrogens with zero attached hydrogens (tertiary/aromatic N) is 4. The van der Waals surface area contributed by atoms with Crippen molar-refractivity contribution >= 4 is 17.5 Å². The second-order valence-electron chi connectivity index (χ2n) is 8.88. The molecule has 31 heavy (non-hydrogen) atoms. The summed E-state index contributed by atoms with van der Waals surface area (Å²) < 4.78 is 13.6. The number of hydrogen-bond donors (Lipinski definition) is 0. The average Bonchev–Trinajstić information content (AvgIpc) is 3.23. The van der Waals surface area contributed by atoms with E-state index in [1.54, 1.807) is 18.5 Å². The summed E-state index contributed by atoms with van der Waals surface area (Å²) in [5, 5.41) is 0. The van der Waals surface area contributed by atoms with Crippen LogP contribution in [0.15, 0.2) is 54.9 Å². The van der Waals surface area contributed by atoms with Crippen LogP contribution in [0.1, 0.15) is 41.6 Å². The molecule has 1 amide bonds. The zero-order valence-corrected chi connectivity index (χ0v) is 17.2. The molecule has 0 N–H and O–H groups in total. The number of rotatable bonds is 3. The standard InChI is InChI=1S/C25H23FN4O/c26-20-5-3-4-17(12-20)19-14-27-24(28-15-19)30-16-25(8-9-25)21-7-6-18(13-22(21)30)23(31)29-10-1-2-11-29/h3-7,12-15H,1-2,8-11,16H2. The van der Waals surface area contributed by atoms with Crippen LogP contribution in [0.25, 0.3) is 11.1 Å². The number of fused-ring (bicyclic) bond motifs is 2. The van der Waals surface area contributed by atoms with Gasteiger partial charge in [0.1, 0.15) is 5.82 Å². The molecule has 1 saturated carbocycles. The summed E-state index contributed by atoms with van der Waals surface area (Å²) in [5.74, 6) is 0.455. The highest BCUT2D eigenvalue weighted by Gasteiger charge is 2.52. The SMILES string of the molecule is O=C(c1ccc2c(c1)N(c1ncc(-c3cccc(F)c3)cn1)CC21CC1)N1CCCC1. The van der Waals surface area contributed by atoms with E-state index in [2.05, 4.69) is 20.9 Å². The first-order chi connectivity index (χ1) is 15.1. The molecule has 3 aromatic rings. The molecule has 2 aliphatic heterocycles. The van der Waals surface area contributed by atoms with Crippen LogP contribution in [0.2, 0.25) is 0 Å². The number of aromatic nitrogens is 2. The van der Waals surface area contributed by atoms with Crippen molar-refractivity contribution in [1.82, 2.24) is 14.9 Å². The van der Waals surface area contributed by atoms with Gasteiger partial charge in [0.05, 0.1) is 0 Å². The second-order valence-corrected chi connectivity index (χ2v) is 8.88. The minimum absolute atomic E-state index is 0.111. The first kappa shape index (κ1) is 18.5. The highest BCUT2D eigenvalue weighted by molar-refractivity contribution is 5.96. The predicted octanol–water partition coefficient (Wildman–Crippen LogP) is 4.70. The molecular formula is C25H23FN4O. The molecular weight excluding hydrogens is 391 g/mol. The summed E-state index contributed by atoms with van der Waals surface area (Å²) in [6.45, 7) is 2.52. The van der Waals surface area contributed by atoms with Crippen LogP contribution in [-0.2, 0) is 5.41 Å². The molecule has 1 spiro atoms. The van der Waals surface area contributed by atoms with Crippen LogP contribution in [0, 0.1) is 5.82 Å². The first-order valence-electron chi connectivity index (χ1n) is 10.9.